The van der Waals surface area contributed by atoms with Crippen molar-refractivity contribution in [3.8, 4) is 0 Å². The molecule has 0 radical (unpaired) electrons. The molecule has 2 aliphatic heterocycles. The molecule has 0 bridgehead atoms. The van der Waals surface area contributed by atoms with Crippen LogP contribution in [0.15, 0.2) is 0 Å². The fourth-order valence-electron chi connectivity index (χ4n) is 2.10. The molecular formula is C12H24N2O2. The molecule has 2 rings (SSSR count). The van der Waals surface area contributed by atoms with E-state index in [4.69, 9.17) is 4.79 Å². The van der Waals surface area contributed by atoms with Crippen molar-refractivity contribution in [1.82, 2.24) is 10.2 Å². The van der Waals surface area contributed by atoms with Gasteiger partial charge in [0.1, 0.15) is 0 Å². The van der Waals surface area contributed by atoms with E-state index in [2.05, 4.69) is 10.2 Å². The third-order valence-corrected chi connectivity index (χ3v) is 2.74. The molecule has 1 atom stereocenters. The van der Waals surface area contributed by atoms with Gasteiger partial charge in [-0.15, -0.1) is 0 Å². The second-order valence-electron chi connectivity index (χ2n) is 3.68. The van der Waals surface area contributed by atoms with Gasteiger partial charge in [0.25, 0.3) is 0 Å². The van der Waals surface area contributed by atoms with E-state index >= 15 is 0 Å². The second-order valence-corrected chi connectivity index (χ2v) is 3.68. The summed E-state index contributed by atoms with van der Waals surface area (Å²) >= 11 is 0. The van der Waals surface area contributed by atoms with Crippen molar-refractivity contribution in [2.24, 2.45) is 0 Å². The average molecular weight is 228 g/mol. The Morgan fingerprint density at radius 3 is 2.38 bits per heavy atom. The van der Waals surface area contributed by atoms with E-state index in [0.29, 0.717) is 18.4 Å². The van der Waals surface area contributed by atoms with Crippen LogP contribution in [0.1, 0.15) is 46.0 Å². The predicted molar refractivity (Wildman–Crippen MR) is 65.1 cm³/mol. The van der Waals surface area contributed by atoms with Crippen molar-refractivity contribution in [2.45, 2.75) is 52.0 Å². The number of carbonyl (C=O) groups excluding carboxylic acids is 2. The van der Waals surface area contributed by atoms with Crippen LogP contribution >= 0.6 is 0 Å². The van der Waals surface area contributed by atoms with Crippen LogP contribution in [0.4, 0.5) is 0 Å². The molecule has 2 heterocycles. The number of hydrogen-bond donors (Lipinski definition) is 1. The normalized spacial score (nSPS) is 22.1. The van der Waals surface area contributed by atoms with Crippen molar-refractivity contribution >= 4 is 12.3 Å². The number of piperidine rings is 1. The molecule has 0 aromatic heterocycles. The maximum atomic E-state index is 11.2. The first-order valence-electron chi connectivity index (χ1n) is 6.20. The van der Waals surface area contributed by atoms with Crippen LogP contribution < -0.4 is 5.32 Å². The molecule has 0 saturated carbocycles. The molecule has 94 valence electrons. The Bertz CT molecular complexity index is 207. The van der Waals surface area contributed by atoms with Gasteiger partial charge in [0.15, 0.2) is 0 Å². The average Bonchev–Trinajstić information content (AvgIpc) is 2.82. The largest absolute Gasteiger partial charge is 0.362 e. The summed E-state index contributed by atoms with van der Waals surface area (Å²) in [5, 5.41) is 2.25. The van der Waals surface area contributed by atoms with Gasteiger partial charge in [-0.2, -0.15) is 0 Å². The highest BCUT2D eigenvalue weighted by molar-refractivity contribution is 5.77. The number of rotatable bonds is 1. The summed E-state index contributed by atoms with van der Waals surface area (Å²) in [7, 11) is 1.56. The molecule has 1 N–H and O–H groups in total. The zero-order chi connectivity index (χ0) is 12.4. The van der Waals surface area contributed by atoms with Crippen LogP contribution in [-0.4, -0.2) is 36.9 Å². The van der Waals surface area contributed by atoms with Crippen LogP contribution in [0.5, 0.6) is 0 Å². The first kappa shape index (κ1) is 14.9. The lowest BCUT2D eigenvalue weighted by molar-refractivity contribution is -0.134. The van der Waals surface area contributed by atoms with Gasteiger partial charge in [0, 0.05) is 26.1 Å². The number of nitrogens with zero attached hydrogens (tertiary/aromatic N) is 1. The summed E-state index contributed by atoms with van der Waals surface area (Å²) in [5.74, 6) is 0.397. The Morgan fingerprint density at radius 1 is 1.31 bits per heavy atom. The molecule has 16 heavy (non-hydrogen) atoms. The lowest BCUT2D eigenvalue weighted by atomic mass is 10.0. The van der Waals surface area contributed by atoms with E-state index in [0.717, 1.165) is 19.4 Å². The van der Waals surface area contributed by atoms with Crippen LogP contribution in [-0.2, 0) is 9.59 Å². The summed E-state index contributed by atoms with van der Waals surface area (Å²) in [4.78, 5) is 22.3. The molecule has 2 saturated heterocycles. The van der Waals surface area contributed by atoms with Crippen molar-refractivity contribution < 1.29 is 9.59 Å². The highest BCUT2D eigenvalue weighted by Gasteiger charge is 2.31. The number of fused-ring (bicyclic) bond motifs is 1. The molecule has 2 fully saturated rings. The molecule has 1 unspecified atom stereocenters. The number of nitrogens with one attached hydrogen (secondary N) is 1. The van der Waals surface area contributed by atoms with Gasteiger partial charge in [-0.05, 0) is 25.7 Å². The van der Waals surface area contributed by atoms with Crippen molar-refractivity contribution in [3.63, 3.8) is 0 Å². The minimum absolute atomic E-state index is 0.397. The summed E-state index contributed by atoms with van der Waals surface area (Å²) < 4.78 is 0. The van der Waals surface area contributed by atoms with Gasteiger partial charge in [0.05, 0.1) is 0 Å². The molecule has 0 aliphatic carbocycles. The Labute approximate surface area is 98.4 Å². The molecule has 4 heteroatoms. The van der Waals surface area contributed by atoms with Crippen LogP contribution in [0.3, 0.4) is 0 Å². The van der Waals surface area contributed by atoms with Gasteiger partial charge < -0.3 is 10.2 Å². The summed E-state index contributed by atoms with van der Waals surface area (Å²) in [6.07, 6.45) is 6.30. The summed E-state index contributed by atoms with van der Waals surface area (Å²) in [5.41, 5.74) is 0. The van der Waals surface area contributed by atoms with Crippen molar-refractivity contribution in [2.75, 3.05) is 13.6 Å². The number of hydrogen-bond acceptors (Lipinski definition) is 2. The minimum Gasteiger partial charge on any atom is -0.362 e. The standard InChI is InChI=1S/C8H13NO.C2H5NO.C2H6/c10-8-5-1-3-7-4-2-6-9(7)8;1-3-2-4;1-2/h7H,1-6H2;2H,1H3,(H,3,4);1-2H3. The monoisotopic (exact) mass is 228 g/mol. The highest BCUT2D eigenvalue weighted by Crippen LogP contribution is 2.26. The van der Waals surface area contributed by atoms with E-state index in [-0.39, 0.29) is 0 Å². The summed E-state index contributed by atoms with van der Waals surface area (Å²) in [6.45, 7) is 5.03. The van der Waals surface area contributed by atoms with E-state index in [1.165, 1.54) is 19.3 Å². The fraction of sp³-hybridized carbons (Fsp3) is 0.833. The van der Waals surface area contributed by atoms with Crippen LogP contribution in [0.2, 0.25) is 0 Å². The quantitative estimate of drug-likeness (QED) is 0.692. The fourth-order valence-corrected chi connectivity index (χ4v) is 2.10. The molecule has 2 amide bonds. The summed E-state index contributed by atoms with van der Waals surface area (Å²) in [6, 6.07) is 0.626. The second kappa shape index (κ2) is 9.19. The van der Waals surface area contributed by atoms with Crippen LogP contribution in [0.25, 0.3) is 0 Å². The Hall–Kier alpha value is -1.06. The highest BCUT2D eigenvalue weighted by atomic mass is 16.2. The molecular weight excluding hydrogens is 204 g/mol. The van der Waals surface area contributed by atoms with E-state index in [1.807, 2.05) is 13.8 Å². The zero-order valence-corrected chi connectivity index (χ0v) is 10.7. The third-order valence-electron chi connectivity index (χ3n) is 2.74. The van der Waals surface area contributed by atoms with Crippen molar-refractivity contribution in [1.29, 1.82) is 0 Å². The van der Waals surface area contributed by atoms with Gasteiger partial charge >= 0.3 is 0 Å². The van der Waals surface area contributed by atoms with E-state index in [9.17, 15) is 4.79 Å². The lowest BCUT2D eigenvalue weighted by Crippen LogP contribution is -2.38. The van der Waals surface area contributed by atoms with Crippen molar-refractivity contribution in [3.05, 3.63) is 0 Å². The molecule has 0 spiro atoms. The van der Waals surface area contributed by atoms with E-state index in [1.54, 1.807) is 7.05 Å². The van der Waals surface area contributed by atoms with Gasteiger partial charge in [0.2, 0.25) is 12.3 Å². The van der Waals surface area contributed by atoms with Gasteiger partial charge in [-0.3, -0.25) is 9.59 Å². The molecule has 0 aromatic carbocycles. The SMILES string of the molecule is CC.CNC=O.O=C1CCCC2CCCN12. The Kier molecular flexibility index (Phi) is 8.58. The zero-order valence-electron chi connectivity index (χ0n) is 10.7. The van der Waals surface area contributed by atoms with Gasteiger partial charge in [-0.25, -0.2) is 0 Å². The maximum Gasteiger partial charge on any atom is 0.222 e. The first-order valence-corrected chi connectivity index (χ1v) is 6.20. The smallest absolute Gasteiger partial charge is 0.222 e. The minimum atomic E-state index is 0.397. The predicted octanol–water partition coefficient (Wildman–Crippen LogP) is 1.55. The van der Waals surface area contributed by atoms with E-state index < -0.39 is 0 Å². The third kappa shape index (κ3) is 4.64. The maximum absolute atomic E-state index is 11.2. The number of amides is 2. The van der Waals surface area contributed by atoms with Gasteiger partial charge in [-0.1, -0.05) is 13.8 Å². The Morgan fingerprint density at radius 2 is 1.88 bits per heavy atom. The first-order chi connectivity index (χ1) is 7.79. The lowest BCUT2D eigenvalue weighted by Gasteiger charge is -2.29. The molecule has 2 aliphatic rings. The Balaban J connectivity index is 0.000000323. The van der Waals surface area contributed by atoms with Crippen LogP contribution in [0, 0.1) is 0 Å². The molecule has 0 aromatic rings. The topological polar surface area (TPSA) is 49.4 Å². The number of carbonyl (C=O) groups is 2. The molecule has 4 nitrogen and oxygen atoms in total.